The molecule has 4 rings (SSSR count). The molecule has 2 aliphatic rings. The van der Waals surface area contributed by atoms with Crippen molar-refractivity contribution in [1.29, 1.82) is 0 Å². The zero-order chi connectivity index (χ0) is 23.6. The minimum atomic E-state index is 0.422. The Morgan fingerprint density at radius 2 is 2.00 bits per heavy atom. The molecular weight excluding hydrogens is 442 g/mol. The van der Waals surface area contributed by atoms with Gasteiger partial charge in [-0.15, -0.1) is 5.92 Å². The van der Waals surface area contributed by atoms with Gasteiger partial charge in [0.2, 0.25) is 0 Å². The first-order valence-corrected chi connectivity index (χ1v) is 13.5. The zero-order valence-corrected chi connectivity index (χ0v) is 21.5. The third-order valence-electron chi connectivity index (χ3n) is 6.45. The Morgan fingerprint density at radius 1 is 1.12 bits per heavy atom. The van der Waals surface area contributed by atoms with Gasteiger partial charge in [-0.05, 0) is 68.7 Å². The lowest BCUT2D eigenvalue weighted by atomic mass is 10.1. The molecule has 0 radical (unpaired) electrons. The number of rotatable bonds is 11. The fourth-order valence-electron chi connectivity index (χ4n) is 4.54. The first-order valence-electron chi connectivity index (χ1n) is 12.7. The maximum Gasteiger partial charge on any atom is 0.149 e. The monoisotopic (exact) mass is 479 g/mol. The topological polar surface area (TPSA) is 37.8 Å². The highest BCUT2D eigenvalue weighted by molar-refractivity contribution is 7.06. The lowest BCUT2D eigenvalue weighted by Gasteiger charge is -2.35. The van der Waals surface area contributed by atoms with Gasteiger partial charge in [-0.2, -0.15) is 4.37 Å². The van der Waals surface area contributed by atoms with E-state index < -0.39 is 0 Å². The normalized spacial score (nSPS) is 15.5. The lowest BCUT2D eigenvalue weighted by Crippen LogP contribution is -2.47. The minimum absolute atomic E-state index is 0.422. The van der Waals surface area contributed by atoms with Crippen molar-refractivity contribution in [3.63, 3.8) is 0 Å². The summed E-state index contributed by atoms with van der Waals surface area (Å²) in [6.45, 7) is 10.7. The second-order valence-electron chi connectivity index (χ2n) is 8.90. The van der Waals surface area contributed by atoms with Gasteiger partial charge < -0.3 is 14.4 Å². The van der Waals surface area contributed by atoms with Crippen LogP contribution in [0.4, 0.5) is 5.82 Å². The third-order valence-corrected chi connectivity index (χ3v) is 7.36. The molecule has 0 amide bonds. The molecule has 5 nitrogen and oxygen atoms in total. The van der Waals surface area contributed by atoms with E-state index in [1.165, 1.54) is 21.8 Å². The maximum absolute atomic E-state index is 6.04. The Morgan fingerprint density at radius 3 is 2.82 bits per heavy atom. The van der Waals surface area contributed by atoms with Crippen molar-refractivity contribution in [3.8, 4) is 23.3 Å². The molecule has 0 bridgehead atoms. The standard InChI is InChI=1S/C28H37N3O2S/c1-3-5-20-33-26-22-24(14-13-23(26)10-4-2)32-21-9-8-15-30-16-18-31(19-17-30)28-25-11-6-7-12-27(25)34-29-28/h6,11,13-14,22H,4,7-10,12,15-21H2,1-2H3. The van der Waals surface area contributed by atoms with Crippen LogP contribution in [-0.4, -0.2) is 55.2 Å². The molecule has 1 aliphatic heterocycles. The van der Waals surface area contributed by atoms with Crippen LogP contribution in [0.25, 0.3) is 6.08 Å². The third kappa shape index (κ3) is 6.55. The number of ether oxygens (including phenoxy) is 2. The van der Waals surface area contributed by atoms with Gasteiger partial charge in [0.15, 0.2) is 0 Å². The number of nitrogens with zero attached hydrogens (tertiary/aromatic N) is 3. The molecule has 0 N–H and O–H groups in total. The highest BCUT2D eigenvalue weighted by Gasteiger charge is 2.23. The predicted octanol–water partition coefficient (Wildman–Crippen LogP) is 5.44. The summed E-state index contributed by atoms with van der Waals surface area (Å²) in [7, 11) is 0. The quantitative estimate of drug-likeness (QED) is 0.317. The molecule has 1 fully saturated rings. The molecule has 6 heteroatoms. The van der Waals surface area contributed by atoms with Crippen LogP contribution in [0.2, 0.25) is 0 Å². The van der Waals surface area contributed by atoms with Crippen LogP contribution in [0.15, 0.2) is 24.3 Å². The number of fused-ring (bicyclic) bond motifs is 1. The van der Waals surface area contributed by atoms with Crippen molar-refractivity contribution in [2.45, 2.75) is 52.4 Å². The number of unbranched alkanes of at least 4 members (excludes halogenated alkanes) is 1. The van der Waals surface area contributed by atoms with E-state index >= 15 is 0 Å². The van der Waals surface area contributed by atoms with E-state index in [4.69, 9.17) is 13.8 Å². The van der Waals surface area contributed by atoms with Crippen LogP contribution in [0.1, 0.15) is 55.5 Å². The number of piperazine rings is 1. The van der Waals surface area contributed by atoms with Gasteiger partial charge in [-0.3, -0.25) is 4.90 Å². The second kappa shape index (κ2) is 12.8. The van der Waals surface area contributed by atoms with Crippen LogP contribution >= 0.6 is 11.5 Å². The van der Waals surface area contributed by atoms with Gasteiger partial charge in [0.1, 0.15) is 23.9 Å². The Kier molecular flexibility index (Phi) is 9.29. The fourth-order valence-corrected chi connectivity index (χ4v) is 5.42. The summed E-state index contributed by atoms with van der Waals surface area (Å²) in [5.74, 6) is 8.85. The molecule has 1 aromatic heterocycles. The van der Waals surface area contributed by atoms with Crippen LogP contribution in [0, 0.1) is 11.8 Å². The molecule has 1 aromatic carbocycles. The van der Waals surface area contributed by atoms with Crippen LogP contribution in [0.3, 0.4) is 0 Å². The number of hydrogen-bond donors (Lipinski definition) is 0. The summed E-state index contributed by atoms with van der Waals surface area (Å²) in [5, 5.41) is 0. The highest BCUT2D eigenvalue weighted by Crippen LogP contribution is 2.32. The van der Waals surface area contributed by atoms with Crippen molar-refractivity contribution in [2.75, 3.05) is 50.8 Å². The Balaban J connectivity index is 1.16. The lowest BCUT2D eigenvalue weighted by molar-refractivity contribution is 0.238. The largest absolute Gasteiger partial charge is 0.493 e. The fraction of sp³-hybridized carbons (Fsp3) is 0.536. The number of aromatic nitrogens is 1. The Bertz CT molecular complexity index is 1010. The summed E-state index contributed by atoms with van der Waals surface area (Å²) in [4.78, 5) is 6.50. The number of allylic oxidation sites excluding steroid dienone is 1. The number of anilines is 1. The van der Waals surface area contributed by atoms with Crippen molar-refractivity contribution in [1.82, 2.24) is 9.27 Å². The average Bonchev–Trinajstić information content (AvgIpc) is 3.30. The van der Waals surface area contributed by atoms with Crippen LogP contribution in [-0.2, 0) is 12.8 Å². The van der Waals surface area contributed by atoms with Crippen molar-refractivity contribution < 1.29 is 9.47 Å². The van der Waals surface area contributed by atoms with Gasteiger partial charge in [-0.1, -0.05) is 37.5 Å². The van der Waals surface area contributed by atoms with Gasteiger partial charge >= 0.3 is 0 Å². The van der Waals surface area contributed by atoms with Crippen LogP contribution in [0.5, 0.6) is 11.5 Å². The SMILES string of the molecule is CC#CCOc1cc(OCCCCN2CCN(c3nsc4c3C=CCC4)CC2)ccc1CCC. The highest BCUT2D eigenvalue weighted by atomic mass is 32.1. The summed E-state index contributed by atoms with van der Waals surface area (Å²) in [6, 6.07) is 6.21. The van der Waals surface area contributed by atoms with Crippen molar-refractivity contribution in [2.24, 2.45) is 0 Å². The average molecular weight is 480 g/mol. The van der Waals surface area contributed by atoms with Gasteiger partial charge in [0.05, 0.1) is 6.61 Å². The van der Waals surface area contributed by atoms with Gasteiger partial charge in [0, 0.05) is 42.7 Å². The summed E-state index contributed by atoms with van der Waals surface area (Å²) in [5.41, 5.74) is 2.59. The van der Waals surface area contributed by atoms with E-state index in [-0.39, 0.29) is 0 Å². The van der Waals surface area contributed by atoms with Crippen molar-refractivity contribution in [3.05, 3.63) is 40.3 Å². The van der Waals surface area contributed by atoms with E-state index in [0.717, 1.165) is 89.4 Å². The molecule has 0 unspecified atom stereocenters. The second-order valence-corrected chi connectivity index (χ2v) is 9.76. The Labute approximate surface area is 208 Å². The number of hydrogen-bond acceptors (Lipinski definition) is 6. The van der Waals surface area contributed by atoms with E-state index in [2.05, 4.69) is 52.8 Å². The minimum Gasteiger partial charge on any atom is -0.493 e. The Hall–Kier alpha value is -2.49. The summed E-state index contributed by atoms with van der Waals surface area (Å²) < 4.78 is 16.7. The molecular formula is C28H37N3O2S. The maximum atomic E-state index is 6.04. The van der Waals surface area contributed by atoms with E-state index in [0.29, 0.717) is 6.61 Å². The molecule has 0 saturated carbocycles. The number of benzene rings is 1. The molecule has 34 heavy (non-hydrogen) atoms. The molecule has 2 heterocycles. The first kappa shape index (κ1) is 24.6. The van der Waals surface area contributed by atoms with Gasteiger partial charge in [-0.25, -0.2) is 0 Å². The summed E-state index contributed by atoms with van der Waals surface area (Å²) in [6.07, 6.45) is 11.2. The van der Waals surface area contributed by atoms with E-state index in [9.17, 15) is 0 Å². The van der Waals surface area contributed by atoms with Crippen molar-refractivity contribution >= 4 is 23.4 Å². The smallest absolute Gasteiger partial charge is 0.149 e. The molecule has 0 spiro atoms. The van der Waals surface area contributed by atoms with Crippen LogP contribution < -0.4 is 14.4 Å². The molecule has 182 valence electrons. The number of aryl methyl sites for hydroxylation is 2. The van der Waals surface area contributed by atoms with E-state index in [1.54, 1.807) is 11.5 Å². The molecule has 1 saturated heterocycles. The van der Waals surface area contributed by atoms with E-state index in [1.807, 2.05) is 13.0 Å². The molecule has 2 aromatic rings. The predicted molar refractivity (Wildman–Crippen MR) is 142 cm³/mol. The molecule has 1 aliphatic carbocycles. The summed E-state index contributed by atoms with van der Waals surface area (Å²) >= 11 is 1.69. The molecule has 0 atom stereocenters. The first-order chi connectivity index (χ1) is 16.8. The van der Waals surface area contributed by atoms with Gasteiger partial charge in [0.25, 0.3) is 0 Å². The zero-order valence-electron chi connectivity index (χ0n) is 20.6.